The maximum Gasteiger partial charge on any atom is 0.185 e. The SMILES string of the molecule is CC(N)c1cnc(N2CCC(N3CCOCC3)C2)s1. The highest BCUT2D eigenvalue weighted by atomic mass is 32.1. The number of thiazole rings is 1. The third kappa shape index (κ3) is 2.91. The van der Waals surface area contributed by atoms with Crippen LogP contribution in [0.15, 0.2) is 6.20 Å². The Labute approximate surface area is 118 Å². The summed E-state index contributed by atoms with van der Waals surface area (Å²) >= 11 is 1.73. The lowest BCUT2D eigenvalue weighted by Crippen LogP contribution is -2.44. The van der Waals surface area contributed by atoms with Crippen LogP contribution >= 0.6 is 11.3 Å². The quantitative estimate of drug-likeness (QED) is 0.899. The molecule has 2 aliphatic rings. The van der Waals surface area contributed by atoms with E-state index in [1.807, 2.05) is 13.1 Å². The Morgan fingerprint density at radius 3 is 2.89 bits per heavy atom. The number of morpholine rings is 1. The van der Waals surface area contributed by atoms with Crippen molar-refractivity contribution in [2.24, 2.45) is 5.73 Å². The van der Waals surface area contributed by atoms with E-state index in [0.717, 1.165) is 44.5 Å². The molecule has 2 saturated heterocycles. The molecule has 0 saturated carbocycles. The fourth-order valence-corrected chi connectivity index (χ4v) is 3.69. The van der Waals surface area contributed by atoms with Gasteiger partial charge in [0.05, 0.1) is 13.2 Å². The van der Waals surface area contributed by atoms with Gasteiger partial charge in [-0.2, -0.15) is 0 Å². The van der Waals surface area contributed by atoms with Gasteiger partial charge in [-0.25, -0.2) is 4.98 Å². The maximum absolute atomic E-state index is 5.90. The van der Waals surface area contributed by atoms with Crippen molar-refractivity contribution in [2.75, 3.05) is 44.3 Å². The van der Waals surface area contributed by atoms with Crippen molar-refractivity contribution < 1.29 is 4.74 Å². The molecule has 0 aliphatic carbocycles. The minimum absolute atomic E-state index is 0.0869. The zero-order valence-electron chi connectivity index (χ0n) is 11.4. The molecule has 106 valence electrons. The molecule has 1 aromatic rings. The Balaban J connectivity index is 1.61. The number of ether oxygens (including phenoxy) is 1. The molecule has 3 heterocycles. The zero-order chi connectivity index (χ0) is 13.2. The smallest absolute Gasteiger partial charge is 0.185 e. The number of anilines is 1. The molecule has 2 aliphatic heterocycles. The summed E-state index contributed by atoms with van der Waals surface area (Å²) in [5.41, 5.74) is 5.90. The maximum atomic E-state index is 5.90. The second-order valence-electron chi connectivity index (χ2n) is 5.37. The molecule has 0 aromatic carbocycles. The summed E-state index contributed by atoms with van der Waals surface area (Å²) in [6.07, 6.45) is 3.15. The van der Waals surface area contributed by atoms with Crippen LogP contribution in [0.2, 0.25) is 0 Å². The summed E-state index contributed by atoms with van der Waals surface area (Å²) < 4.78 is 5.42. The summed E-state index contributed by atoms with van der Waals surface area (Å²) in [6.45, 7) is 8.10. The van der Waals surface area contributed by atoms with Gasteiger partial charge in [0, 0.05) is 49.3 Å². The number of nitrogens with two attached hydrogens (primary N) is 1. The van der Waals surface area contributed by atoms with Gasteiger partial charge in [0.1, 0.15) is 0 Å². The van der Waals surface area contributed by atoms with Crippen LogP contribution in [0.5, 0.6) is 0 Å². The highest BCUT2D eigenvalue weighted by molar-refractivity contribution is 7.15. The normalized spacial score (nSPS) is 26.8. The molecular weight excluding hydrogens is 260 g/mol. The summed E-state index contributed by atoms with van der Waals surface area (Å²) in [5, 5.41) is 1.13. The zero-order valence-corrected chi connectivity index (χ0v) is 12.2. The predicted molar refractivity (Wildman–Crippen MR) is 77.7 cm³/mol. The standard InChI is InChI=1S/C13H22N4OS/c1-10(14)12-8-15-13(19-12)17-3-2-11(9-17)16-4-6-18-7-5-16/h8,10-11H,2-7,9,14H2,1H3. The molecule has 0 amide bonds. The van der Waals surface area contributed by atoms with Gasteiger partial charge >= 0.3 is 0 Å². The van der Waals surface area contributed by atoms with Crippen LogP contribution in [-0.4, -0.2) is 55.3 Å². The average molecular weight is 282 g/mol. The van der Waals surface area contributed by atoms with E-state index < -0.39 is 0 Å². The van der Waals surface area contributed by atoms with Crippen LogP contribution in [0.25, 0.3) is 0 Å². The van der Waals surface area contributed by atoms with Gasteiger partial charge in [0.15, 0.2) is 5.13 Å². The Bertz CT molecular complexity index is 417. The second-order valence-corrected chi connectivity index (χ2v) is 6.41. The van der Waals surface area contributed by atoms with Gasteiger partial charge in [-0.05, 0) is 13.3 Å². The summed E-state index contributed by atoms with van der Waals surface area (Å²) in [6, 6.07) is 0.746. The summed E-state index contributed by atoms with van der Waals surface area (Å²) in [7, 11) is 0. The van der Waals surface area contributed by atoms with Crippen molar-refractivity contribution >= 4 is 16.5 Å². The van der Waals surface area contributed by atoms with E-state index in [9.17, 15) is 0 Å². The molecule has 0 radical (unpaired) electrons. The Kier molecular flexibility index (Phi) is 4.02. The van der Waals surface area contributed by atoms with Crippen molar-refractivity contribution in [1.29, 1.82) is 0 Å². The van der Waals surface area contributed by atoms with Crippen molar-refractivity contribution in [2.45, 2.75) is 25.4 Å². The lowest BCUT2D eigenvalue weighted by atomic mass is 10.2. The fourth-order valence-electron chi connectivity index (χ4n) is 2.79. The van der Waals surface area contributed by atoms with Crippen LogP contribution < -0.4 is 10.6 Å². The third-order valence-electron chi connectivity index (χ3n) is 3.96. The first-order valence-electron chi connectivity index (χ1n) is 7.02. The van der Waals surface area contributed by atoms with Gasteiger partial charge in [-0.1, -0.05) is 0 Å². The molecule has 2 unspecified atom stereocenters. The van der Waals surface area contributed by atoms with Crippen LogP contribution in [0.1, 0.15) is 24.3 Å². The molecular formula is C13H22N4OS. The minimum atomic E-state index is 0.0869. The molecule has 2 atom stereocenters. The van der Waals surface area contributed by atoms with Gasteiger partial charge < -0.3 is 15.4 Å². The highest BCUT2D eigenvalue weighted by Gasteiger charge is 2.30. The molecule has 3 rings (SSSR count). The van der Waals surface area contributed by atoms with E-state index in [1.54, 1.807) is 11.3 Å². The molecule has 0 spiro atoms. The number of rotatable bonds is 3. The van der Waals surface area contributed by atoms with Crippen LogP contribution in [0.4, 0.5) is 5.13 Å². The monoisotopic (exact) mass is 282 g/mol. The van der Waals surface area contributed by atoms with E-state index in [-0.39, 0.29) is 6.04 Å². The van der Waals surface area contributed by atoms with E-state index in [1.165, 1.54) is 11.3 Å². The molecule has 2 fully saturated rings. The number of nitrogens with zero attached hydrogens (tertiary/aromatic N) is 3. The predicted octanol–water partition coefficient (Wildman–Crippen LogP) is 1.07. The third-order valence-corrected chi connectivity index (χ3v) is 5.22. The van der Waals surface area contributed by atoms with Crippen molar-refractivity contribution in [3.05, 3.63) is 11.1 Å². The molecule has 0 bridgehead atoms. The van der Waals surface area contributed by atoms with Crippen LogP contribution in [0, 0.1) is 0 Å². The lowest BCUT2D eigenvalue weighted by Gasteiger charge is -2.32. The first kappa shape index (κ1) is 13.3. The van der Waals surface area contributed by atoms with Crippen molar-refractivity contribution in [3.8, 4) is 0 Å². The largest absolute Gasteiger partial charge is 0.379 e. The first-order valence-corrected chi connectivity index (χ1v) is 7.84. The van der Waals surface area contributed by atoms with E-state index in [4.69, 9.17) is 10.5 Å². The molecule has 19 heavy (non-hydrogen) atoms. The molecule has 5 nitrogen and oxygen atoms in total. The second kappa shape index (κ2) is 5.75. The topological polar surface area (TPSA) is 54.6 Å². The van der Waals surface area contributed by atoms with E-state index in [0.29, 0.717) is 6.04 Å². The van der Waals surface area contributed by atoms with Crippen LogP contribution in [-0.2, 0) is 4.74 Å². The number of hydrogen-bond donors (Lipinski definition) is 1. The van der Waals surface area contributed by atoms with Gasteiger partial charge in [-0.15, -0.1) is 11.3 Å². The lowest BCUT2D eigenvalue weighted by molar-refractivity contribution is 0.0209. The number of hydrogen-bond acceptors (Lipinski definition) is 6. The Morgan fingerprint density at radius 2 is 2.21 bits per heavy atom. The molecule has 2 N–H and O–H groups in total. The van der Waals surface area contributed by atoms with Gasteiger partial charge in [0.2, 0.25) is 0 Å². The van der Waals surface area contributed by atoms with Crippen LogP contribution in [0.3, 0.4) is 0 Å². The Hall–Kier alpha value is -0.690. The molecule has 6 heteroatoms. The van der Waals surface area contributed by atoms with Crippen molar-refractivity contribution in [3.63, 3.8) is 0 Å². The first-order chi connectivity index (χ1) is 9.24. The minimum Gasteiger partial charge on any atom is -0.379 e. The van der Waals surface area contributed by atoms with E-state index in [2.05, 4.69) is 14.8 Å². The number of aromatic nitrogens is 1. The fraction of sp³-hybridized carbons (Fsp3) is 0.769. The summed E-state index contributed by atoms with van der Waals surface area (Å²) in [4.78, 5) is 10.6. The molecule has 1 aromatic heterocycles. The highest BCUT2D eigenvalue weighted by Crippen LogP contribution is 2.29. The van der Waals surface area contributed by atoms with E-state index >= 15 is 0 Å². The van der Waals surface area contributed by atoms with Gasteiger partial charge in [0.25, 0.3) is 0 Å². The van der Waals surface area contributed by atoms with Crippen molar-refractivity contribution in [1.82, 2.24) is 9.88 Å². The summed E-state index contributed by atoms with van der Waals surface area (Å²) in [5.74, 6) is 0. The Morgan fingerprint density at radius 1 is 1.42 bits per heavy atom. The average Bonchev–Trinajstić information content (AvgIpc) is 3.09. The van der Waals surface area contributed by atoms with Gasteiger partial charge in [-0.3, -0.25) is 4.90 Å².